The van der Waals surface area contributed by atoms with Crippen molar-refractivity contribution < 1.29 is 21.6 Å². The van der Waals surface area contributed by atoms with Gasteiger partial charge in [-0.25, -0.2) is 16.8 Å². The maximum atomic E-state index is 10.6. The Balaban J connectivity index is 3.52. The highest BCUT2D eigenvalue weighted by Gasteiger charge is 2.02. The zero-order valence-electron chi connectivity index (χ0n) is 10.2. The molecule has 9 heteroatoms. The van der Waals surface area contributed by atoms with E-state index in [9.17, 15) is 16.8 Å². The molecule has 0 aliphatic heterocycles. The largest absolute Gasteiger partial charge is 0.473 e. The lowest BCUT2D eigenvalue weighted by Gasteiger charge is -1.94. The summed E-state index contributed by atoms with van der Waals surface area (Å²) in [6.45, 7) is 0. The molecule has 0 atom stereocenters. The van der Waals surface area contributed by atoms with E-state index in [0.29, 0.717) is 25.7 Å². The molecule has 0 spiro atoms. The second-order valence-electron chi connectivity index (χ2n) is 3.65. The molecule has 0 aromatic carbocycles. The predicted molar refractivity (Wildman–Crippen MR) is 77.1 cm³/mol. The Kier molecular flexibility index (Phi) is 9.51. The van der Waals surface area contributed by atoms with Crippen molar-refractivity contribution in [1.29, 1.82) is 0 Å². The quantitative estimate of drug-likeness (QED) is 0.344. The summed E-state index contributed by atoms with van der Waals surface area (Å²) >= 11 is 0. The molecule has 5 nitrogen and oxygen atoms in total. The molecule has 0 aliphatic carbocycles. The Morgan fingerprint density at radius 2 is 1.16 bits per heavy atom. The molecule has 0 N–H and O–H groups in total. The normalized spacial score (nSPS) is 13.4. The van der Waals surface area contributed by atoms with Crippen molar-refractivity contribution in [2.24, 2.45) is 0 Å². The number of unbranched alkanes of at least 4 members (excludes halogenated alkanes) is 2. The summed E-state index contributed by atoms with van der Waals surface area (Å²) in [4.78, 5) is 0. The smallest absolute Gasteiger partial charge is 0.232 e. The lowest BCUT2D eigenvalue weighted by molar-refractivity contribution is 0.398. The van der Waals surface area contributed by atoms with Crippen LogP contribution in [0, 0.1) is 0 Å². The van der Waals surface area contributed by atoms with E-state index in [0.717, 1.165) is 0 Å². The maximum absolute atomic E-state index is 10.6. The molecular formula is C10H16Cl2O5S2. The van der Waals surface area contributed by atoms with Crippen LogP contribution in [0.5, 0.6) is 0 Å². The Hall–Kier alpha value is -0.240. The van der Waals surface area contributed by atoms with E-state index < -0.39 is 18.1 Å². The number of hydrogen-bond acceptors (Lipinski definition) is 5. The molecule has 0 bridgehead atoms. The lowest BCUT2D eigenvalue weighted by Crippen LogP contribution is -1.95. The summed E-state index contributed by atoms with van der Waals surface area (Å²) in [6.07, 6.45) is 8.16. The van der Waals surface area contributed by atoms with E-state index in [-0.39, 0.29) is 11.5 Å². The summed E-state index contributed by atoms with van der Waals surface area (Å²) in [7, 11) is 3.22. The van der Waals surface area contributed by atoms with Crippen molar-refractivity contribution in [3.05, 3.63) is 24.7 Å². The highest BCUT2D eigenvalue weighted by atomic mass is 35.7. The summed E-state index contributed by atoms with van der Waals surface area (Å²) in [5.74, 6) is -0.136. The molecule has 0 rings (SSSR count). The van der Waals surface area contributed by atoms with Crippen LogP contribution in [0.4, 0.5) is 0 Å². The van der Waals surface area contributed by atoms with E-state index in [1.807, 2.05) is 0 Å². The van der Waals surface area contributed by atoms with E-state index in [2.05, 4.69) is 0 Å². The van der Waals surface area contributed by atoms with Crippen molar-refractivity contribution in [3.63, 3.8) is 0 Å². The third-order valence-corrected chi connectivity index (χ3v) is 4.35. The number of allylic oxidation sites excluding steroid dienone is 2. The molecular weight excluding hydrogens is 335 g/mol. The van der Waals surface area contributed by atoms with Gasteiger partial charge in [-0.1, -0.05) is 0 Å². The van der Waals surface area contributed by atoms with Crippen LogP contribution in [0.2, 0.25) is 0 Å². The van der Waals surface area contributed by atoms with E-state index in [4.69, 9.17) is 26.1 Å². The van der Waals surface area contributed by atoms with Gasteiger partial charge in [0.05, 0.1) is 24.0 Å². The maximum Gasteiger partial charge on any atom is 0.232 e. The monoisotopic (exact) mass is 350 g/mol. The van der Waals surface area contributed by atoms with Gasteiger partial charge in [-0.3, -0.25) is 0 Å². The zero-order chi connectivity index (χ0) is 14.8. The van der Waals surface area contributed by atoms with Crippen molar-refractivity contribution in [2.45, 2.75) is 25.7 Å². The highest BCUT2D eigenvalue weighted by Crippen LogP contribution is 2.03. The van der Waals surface area contributed by atoms with Crippen LogP contribution in [-0.2, 0) is 22.8 Å². The first kappa shape index (κ1) is 18.8. The minimum absolute atomic E-state index is 0.0678. The van der Waals surface area contributed by atoms with E-state index in [1.54, 1.807) is 12.2 Å². The third-order valence-electron chi connectivity index (χ3n) is 1.87. The summed E-state index contributed by atoms with van der Waals surface area (Å²) < 4.78 is 47.3. The molecule has 0 aromatic heterocycles. The predicted octanol–water partition coefficient (Wildman–Crippen LogP) is 2.73. The fourth-order valence-corrected chi connectivity index (χ4v) is 2.72. The van der Waals surface area contributed by atoms with Crippen LogP contribution < -0.4 is 0 Å². The molecule has 112 valence electrons. The number of ether oxygens (including phenoxy) is 1. The van der Waals surface area contributed by atoms with Gasteiger partial charge in [0.15, 0.2) is 0 Å². The number of hydrogen-bond donors (Lipinski definition) is 0. The van der Waals surface area contributed by atoms with Gasteiger partial charge in [0.1, 0.15) is 0 Å². The lowest BCUT2D eigenvalue weighted by atomic mass is 10.3. The van der Waals surface area contributed by atoms with E-state index in [1.165, 1.54) is 12.5 Å². The first-order valence-corrected chi connectivity index (χ1v) is 10.5. The molecule has 0 saturated carbocycles. The molecule has 0 unspecified atom stereocenters. The second-order valence-corrected chi connectivity index (χ2v) is 9.44. The summed E-state index contributed by atoms with van der Waals surface area (Å²) in [5.41, 5.74) is 0. The minimum Gasteiger partial charge on any atom is -0.473 e. The van der Waals surface area contributed by atoms with Gasteiger partial charge < -0.3 is 4.74 Å². The Morgan fingerprint density at radius 3 is 1.47 bits per heavy atom. The molecule has 0 heterocycles. The first-order valence-electron chi connectivity index (χ1n) is 5.51. The summed E-state index contributed by atoms with van der Waals surface area (Å²) in [5, 5.41) is 0. The third kappa shape index (κ3) is 17.8. The summed E-state index contributed by atoms with van der Waals surface area (Å²) in [6, 6.07) is 0. The standard InChI is InChI=1S/C10H16Cl2O5S2/c11-18(13,14)9-5-1-3-7-17-8-4-2-6-10-19(12,15)16/h3-4,7-8H,1-2,5-6,9-10H2. The molecule has 0 amide bonds. The van der Waals surface area contributed by atoms with Crippen molar-refractivity contribution in [2.75, 3.05) is 11.5 Å². The van der Waals surface area contributed by atoms with Crippen molar-refractivity contribution >= 4 is 39.5 Å². The fraction of sp³-hybridized carbons (Fsp3) is 0.600. The second kappa shape index (κ2) is 9.63. The van der Waals surface area contributed by atoms with Gasteiger partial charge in [0, 0.05) is 21.4 Å². The fourth-order valence-electron chi connectivity index (χ4n) is 1.04. The topological polar surface area (TPSA) is 77.5 Å². The van der Waals surface area contributed by atoms with Crippen molar-refractivity contribution in [1.82, 2.24) is 0 Å². The Morgan fingerprint density at radius 1 is 0.789 bits per heavy atom. The zero-order valence-corrected chi connectivity index (χ0v) is 13.3. The van der Waals surface area contributed by atoms with Crippen molar-refractivity contribution in [3.8, 4) is 0 Å². The van der Waals surface area contributed by atoms with Crippen LogP contribution in [0.3, 0.4) is 0 Å². The van der Waals surface area contributed by atoms with Gasteiger partial charge in [-0.2, -0.15) is 0 Å². The van der Waals surface area contributed by atoms with Gasteiger partial charge >= 0.3 is 0 Å². The van der Waals surface area contributed by atoms with E-state index >= 15 is 0 Å². The first-order chi connectivity index (χ1) is 8.71. The van der Waals surface area contributed by atoms with Crippen LogP contribution in [0.15, 0.2) is 24.7 Å². The highest BCUT2D eigenvalue weighted by molar-refractivity contribution is 8.14. The average Bonchev–Trinajstić information content (AvgIpc) is 2.22. The minimum atomic E-state index is -3.42. The van der Waals surface area contributed by atoms with Gasteiger partial charge in [0.2, 0.25) is 18.1 Å². The van der Waals surface area contributed by atoms with Crippen LogP contribution in [-0.4, -0.2) is 28.3 Å². The van der Waals surface area contributed by atoms with Gasteiger partial charge in [0.25, 0.3) is 0 Å². The van der Waals surface area contributed by atoms with Gasteiger partial charge in [-0.15, -0.1) is 0 Å². The average molecular weight is 351 g/mol. The molecule has 0 fully saturated rings. The van der Waals surface area contributed by atoms with Crippen LogP contribution >= 0.6 is 21.4 Å². The van der Waals surface area contributed by atoms with Crippen LogP contribution in [0.1, 0.15) is 25.7 Å². The SMILES string of the molecule is O=S(=O)(Cl)CCCC=COC=CCCCS(=O)(=O)Cl. The molecule has 0 aliphatic rings. The number of rotatable bonds is 10. The molecule has 19 heavy (non-hydrogen) atoms. The van der Waals surface area contributed by atoms with Gasteiger partial charge in [-0.05, 0) is 37.8 Å². The number of halogens is 2. The van der Waals surface area contributed by atoms with Crippen LogP contribution in [0.25, 0.3) is 0 Å². The Bertz CT molecular complexity index is 448. The molecule has 0 saturated heterocycles. The molecule has 0 radical (unpaired) electrons. The Labute approximate surface area is 123 Å². The molecule has 0 aromatic rings.